The molecule has 0 unspecified atom stereocenters. The van der Waals surface area contributed by atoms with Crippen LogP contribution in [0.5, 0.6) is 0 Å². The van der Waals surface area contributed by atoms with Crippen LogP contribution in [-0.2, 0) is 0 Å². The lowest BCUT2D eigenvalue weighted by atomic mass is 10.2. The van der Waals surface area contributed by atoms with Gasteiger partial charge in [0.2, 0.25) is 0 Å². The first-order valence-electron chi connectivity index (χ1n) is 4.47. The van der Waals surface area contributed by atoms with E-state index in [1.807, 2.05) is 18.0 Å². The molecule has 0 amide bonds. The molecule has 2 nitrogen and oxygen atoms in total. The predicted molar refractivity (Wildman–Crippen MR) is 57.9 cm³/mol. The first-order chi connectivity index (χ1) is 6.63. The summed E-state index contributed by atoms with van der Waals surface area (Å²) < 4.78 is 12.9. The van der Waals surface area contributed by atoms with Gasteiger partial charge in [-0.15, -0.1) is 0 Å². The molecule has 0 aliphatic rings. The molecule has 14 heavy (non-hydrogen) atoms. The normalized spacial score (nSPS) is 9.93. The molecular formula is C11H15FN2. The second-order valence-electron chi connectivity index (χ2n) is 3.29. The summed E-state index contributed by atoms with van der Waals surface area (Å²) in [4.78, 5) is 1.91. The number of rotatable bonds is 4. The van der Waals surface area contributed by atoms with E-state index in [1.54, 1.807) is 6.07 Å². The third kappa shape index (κ3) is 2.85. The third-order valence-electron chi connectivity index (χ3n) is 2.00. The molecule has 0 radical (unpaired) electrons. The van der Waals surface area contributed by atoms with E-state index >= 15 is 0 Å². The van der Waals surface area contributed by atoms with Gasteiger partial charge in [0.25, 0.3) is 0 Å². The Balaban J connectivity index is 2.69. The van der Waals surface area contributed by atoms with Gasteiger partial charge in [0.1, 0.15) is 5.82 Å². The predicted octanol–water partition coefficient (Wildman–Crippen LogP) is 1.78. The quantitative estimate of drug-likeness (QED) is 0.740. The lowest BCUT2D eigenvalue weighted by Crippen LogP contribution is -2.22. The first kappa shape index (κ1) is 10.7. The average molecular weight is 194 g/mol. The molecule has 0 aromatic heterocycles. The van der Waals surface area contributed by atoms with Crippen molar-refractivity contribution in [1.29, 1.82) is 0 Å². The number of nitrogens with two attached hydrogens (primary N) is 1. The molecule has 1 rings (SSSR count). The van der Waals surface area contributed by atoms with E-state index in [-0.39, 0.29) is 5.82 Å². The van der Waals surface area contributed by atoms with Gasteiger partial charge in [-0.2, -0.15) is 0 Å². The molecule has 1 aromatic rings. The van der Waals surface area contributed by atoms with Crippen LogP contribution in [0.25, 0.3) is 0 Å². The van der Waals surface area contributed by atoms with Gasteiger partial charge in [0.05, 0.1) is 0 Å². The van der Waals surface area contributed by atoms with Gasteiger partial charge in [-0.1, -0.05) is 12.6 Å². The molecule has 0 fully saturated rings. The van der Waals surface area contributed by atoms with Gasteiger partial charge in [-0.25, -0.2) is 4.39 Å². The summed E-state index contributed by atoms with van der Waals surface area (Å²) in [5.41, 5.74) is 7.19. The van der Waals surface area contributed by atoms with Gasteiger partial charge in [-0.05, 0) is 23.8 Å². The van der Waals surface area contributed by atoms with Crippen molar-refractivity contribution in [2.45, 2.75) is 0 Å². The first-order valence-corrected chi connectivity index (χ1v) is 4.47. The van der Waals surface area contributed by atoms with Crippen molar-refractivity contribution in [1.82, 2.24) is 0 Å². The van der Waals surface area contributed by atoms with Crippen molar-refractivity contribution in [3.63, 3.8) is 0 Å². The van der Waals surface area contributed by atoms with E-state index in [0.29, 0.717) is 13.1 Å². The second kappa shape index (κ2) is 4.77. The molecule has 1 aromatic carbocycles. The number of benzene rings is 1. The maximum atomic E-state index is 12.9. The van der Waals surface area contributed by atoms with Crippen molar-refractivity contribution in [2.24, 2.45) is 5.73 Å². The maximum absolute atomic E-state index is 12.9. The summed E-state index contributed by atoms with van der Waals surface area (Å²) in [5.74, 6) is -0.229. The molecule has 3 heteroatoms. The minimum atomic E-state index is -0.229. The summed E-state index contributed by atoms with van der Waals surface area (Å²) >= 11 is 0. The Morgan fingerprint density at radius 1 is 1.57 bits per heavy atom. The lowest BCUT2D eigenvalue weighted by Gasteiger charge is -2.19. The Kier molecular flexibility index (Phi) is 3.65. The highest BCUT2D eigenvalue weighted by molar-refractivity contribution is 5.46. The fourth-order valence-corrected chi connectivity index (χ4v) is 1.20. The molecule has 0 atom stereocenters. The van der Waals surface area contributed by atoms with Crippen LogP contribution in [0.3, 0.4) is 0 Å². The SMILES string of the molecule is C=C(CN)CN(C)c1cccc(F)c1. The number of anilines is 1. The zero-order chi connectivity index (χ0) is 10.6. The van der Waals surface area contributed by atoms with E-state index in [9.17, 15) is 4.39 Å². The molecule has 76 valence electrons. The summed E-state index contributed by atoms with van der Waals surface area (Å²) in [6.45, 7) is 4.91. The molecule has 2 N–H and O–H groups in total. The summed E-state index contributed by atoms with van der Waals surface area (Å²) in [7, 11) is 1.88. The standard InChI is InChI=1S/C11H15FN2/c1-9(7-13)8-14(2)11-5-3-4-10(12)6-11/h3-6H,1,7-8,13H2,2H3. The highest BCUT2D eigenvalue weighted by atomic mass is 19.1. The van der Waals surface area contributed by atoms with Crippen molar-refractivity contribution in [3.8, 4) is 0 Å². The van der Waals surface area contributed by atoms with Crippen LogP contribution < -0.4 is 10.6 Å². The highest BCUT2D eigenvalue weighted by Crippen LogP contribution is 2.14. The van der Waals surface area contributed by atoms with Gasteiger partial charge in [0, 0.05) is 25.8 Å². The van der Waals surface area contributed by atoms with Crippen LogP contribution in [-0.4, -0.2) is 20.1 Å². The third-order valence-corrected chi connectivity index (χ3v) is 2.00. The minimum Gasteiger partial charge on any atom is -0.370 e. The second-order valence-corrected chi connectivity index (χ2v) is 3.29. The molecule has 0 spiro atoms. The van der Waals surface area contributed by atoms with Crippen LogP contribution in [0.4, 0.5) is 10.1 Å². The van der Waals surface area contributed by atoms with E-state index < -0.39 is 0 Å². The Morgan fingerprint density at radius 3 is 2.86 bits per heavy atom. The van der Waals surface area contributed by atoms with Crippen LogP contribution in [0.1, 0.15) is 0 Å². The van der Waals surface area contributed by atoms with E-state index in [4.69, 9.17) is 5.73 Å². The van der Waals surface area contributed by atoms with Crippen molar-refractivity contribution in [3.05, 3.63) is 42.2 Å². The van der Waals surface area contributed by atoms with Gasteiger partial charge >= 0.3 is 0 Å². The van der Waals surface area contributed by atoms with Crippen LogP contribution >= 0.6 is 0 Å². The number of nitrogens with zero attached hydrogens (tertiary/aromatic N) is 1. The molecule has 0 heterocycles. The fraction of sp³-hybridized carbons (Fsp3) is 0.273. The molecule has 0 aliphatic carbocycles. The van der Waals surface area contributed by atoms with Gasteiger partial charge < -0.3 is 10.6 Å². The Hall–Kier alpha value is -1.35. The van der Waals surface area contributed by atoms with Crippen LogP contribution in [0, 0.1) is 5.82 Å². The number of halogens is 1. The summed E-state index contributed by atoms with van der Waals surface area (Å²) in [5, 5.41) is 0. The number of hydrogen-bond donors (Lipinski definition) is 1. The molecule has 0 saturated heterocycles. The Labute approximate surface area is 83.8 Å². The lowest BCUT2D eigenvalue weighted by molar-refractivity contribution is 0.627. The summed E-state index contributed by atoms with van der Waals surface area (Å²) in [6.07, 6.45) is 0. The maximum Gasteiger partial charge on any atom is 0.125 e. The van der Waals surface area contributed by atoms with Crippen molar-refractivity contribution in [2.75, 3.05) is 25.0 Å². The zero-order valence-corrected chi connectivity index (χ0v) is 8.33. The molecular weight excluding hydrogens is 179 g/mol. The van der Waals surface area contributed by atoms with Gasteiger partial charge in [-0.3, -0.25) is 0 Å². The minimum absolute atomic E-state index is 0.229. The zero-order valence-electron chi connectivity index (χ0n) is 8.33. The summed E-state index contributed by atoms with van der Waals surface area (Å²) in [6, 6.07) is 6.46. The van der Waals surface area contributed by atoms with E-state index in [2.05, 4.69) is 6.58 Å². The number of likely N-dealkylation sites (N-methyl/N-ethyl adjacent to an activating group) is 1. The van der Waals surface area contributed by atoms with Gasteiger partial charge in [0.15, 0.2) is 0 Å². The topological polar surface area (TPSA) is 29.3 Å². The highest BCUT2D eigenvalue weighted by Gasteiger charge is 2.02. The smallest absolute Gasteiger partial charge is 0.125 e. The molecule has 0 aliphatic heterocycles. The largest absolute Gasteiger partial charge is 0.370 e. The molecule has 0 bridgehead atoms. The van der Waals surface area contributed by atoms with E-state index in [1.165, 1.54) is 12.1 Å². The van der Waals surface area contributed by atoms with Crippen molar-refractivity contribution < 1.29 is 4.39 Å². The Bertz CT molecular complexity index is 323. The van der Waals surface area contributed by atoms with Crippen LogP contribution in [0.2, 0.25) is 0 Å². The fourth-order valence-electron chi connectivity index (χ4n) is 1.20. The van der Waals surface area contributed by atoms with Crippen molar-refractivity contribution >= 4 is 5.69 Å². The van der Waals surface area contributed by atoms with Crippen LogP contribution in [0.15, 0.2) is 36.4 Å². The van der Waals surface area contributed by atoms with E-state index in [0.717, 1.165) is 11.3 Å². The Morgan fingerprint density at radius 2 is 2.29 bits per heavy atom. The average Bonchev–Trinajstić information content (AvgIpc) is 2.17. The molecule has 0 saturated carbocycles. The monoisotopic (exact) mass is 194 g/mol. The number of hydrogen-bond acceptors (Lipinski definition) is 2.